The molecule has 0 spiro atoms. The Morgan fingerprint density at radius 3 is 2.19 bits per heavy atom. The highest BCUT2D eigenvalue weighted by Crippen LogP contribution is 2.38. The number of hydrogen-bond donors (Lipinski definition) is 0. The van der Waals surface area contributed by atoms with Gasteiger partial charge in [-0.3, -0.25) is 0 Å². The second-order valence-corrected chi connectivity index (χ2v) is 6.83. The van der Waals surface area contributed by atoms with Crippen LogP contribution in [0.2, 0.25) is 6.32 Å². The van der Waals surface area contributed by atoms with E-state index in [1.807, 2.05) is 18.2 Å². The number of hydrogen-bond acceptors (Lipinski definition) is 2. The molecule has 0 atom stereocenters. The van der Waals surface area contributed by atoms with Crippen molar-refractivity contribution in [1.82, 2.24) is 0 Å². The van der Waals surface area contributed by atoms with Crippen molar-refractivity contribution in [2.24, 2.45) is 0 Å². The first-order chi connectivity index (χ1) is 9.86. The zero-order chi connectivity index (χ0) is 15.5. The second-order valence-electron chi connectivity index (χ2n) is 6.46. The molecule has 1 saturated heterocycles. The monoisotopic (exact) mass is 306 g/mol. The van der Waals surface area contributed by atoms with Gasteiger partial charge in [0.15, 0.2) is 0 Å². The molecule has 2 rings (SSSR count). The maximum atomic E-state index is 6.03. The summed E-state index contributed by atoms with van der Waals surface area (Å²) < 4.78 is 12.1. The molecule has 1 heterocycles. The van der Waals surface area contributed by atoms with E-state index in [1.54, 1.807) is 0 Å². The van der Waals surface area contributed by atoms with Crippen LogP contribution in [0.15, 0.2) is 36.4 Å². The van der Waals surface area contributed by atoms with Crippen molar-refractivity contribution in [2.75, 3.05) is 5.88 Å². The summed E-state index contributed by atoms with van der Waals surface area (Å²) in [6, 6.07) is 10.3. The van der Waals surface area contributed by atoms with Crippen LogP contribution in [-0.4, -0.2) is 24.2 Å². The largest absolute Gasteiger partial charge is 0.461 e. The third-order valence-electron chi connectivity index (χ3n) is 4.37. The normalized spacial score (nSPS) is 20.8. The molecule has 0 saturated carbocycles. The minimum Gasteiger partial charge on any atom is -0.403 e. The lowest BCUT2D eigenvalue weighted by atomic mass is 9.83. The van der Waals surface area contributed by atoms with Gasteiger partial charge in [-0.25, -0.2) is 0 Å². The lowest BCUT2D eigenvalue weighted by molar-refractivity contribution is 0.00578. The maximum absolute atomic E-state index is 6.03. The van der Waals surface area contributed by atoms with Gasteiger partial charge in [0.05, 0.1) is 11.2 Å². The smallest absolute Gasteiger partial charge is 0.403 e. The Balaban J connectivity index is 2.08. The van der Waals surface area contributed by atoms with Gasteiger partial charge in [0.2, 0.25) is 0 Å². The summed E-state index contributed by atoms with van der Waals surface area (Å²) in [4.78, 5) is 0. The van der Waals surface area contributed by atoms with Crippen molar-refractivity contribution in [3.63, 3.8) is 0 Å². The zero-order valence-electron chi connectivity index (χ0n) is 13.4. The Morgan fingerprint density at radius 1 is 1.10 bits per heavy atom. The highest BCUT2D eigenvalue weighted by atomic mass is 35.5. The maximum Gasteiger partial charge on any atom is 0.461 e. The van der Waals surface area contributed by atoms with E-state index in [-0.39, 0.29) is 18.3 Å². The number of benzene rings is 1. The van der Waals surface area contributed by atoms with Gasteiger partial charge >= 0.3 is 7.12 Å². The first kappa shape index (κ1) is 16.6. The summed E-state index contributed by atoms with van der Waals surface area (Å²) >= 11 is 5.93. The van der Waals surface area contributed by atoms with Crippen LogP contribution in [0, 0.1) is 0 Å². The third-order valence-corrected chi connectivity index (χ3v) is 4.56. The average Bonchev–Trinajstić information content (AvgIpc) is 2.64. The van der Waals surface area contributed by atoms with Crippen molar-refractivity contribution in [3.05, 3.63) is 42.0 Å². The Labute approximate surface area is 133 Å². The summed E-state index contributed by atoms with van der Waals surface area (Å²) in [6.07, 6.45) is 3.79. The predicted octanol–water partition coefficient (Wildman–Crippen LogP) is 4.79. The highest BCUT2D eigenvalue weighted by molar-refractivity contribution is 6.46. The fraction of sp³-hybridized carbons (Fsp3) is 0.529. The molecule has 0 amide bonds. The average molecular weight is 307 g/mol. The molecule has 1 aromatic rings. The minimum atomic E-state index is -0.273. The SMILES string of the molecule is CC1(C)OB(C/C=C(\CCCl)c2ccccc2)OC1(C)C. The summed E-state index contributed by atoms with van der Waals surface area (Å²) in [6.45, 7) is 8.31. The predicted molar refractivity (Wildman–Crippen MR) is 90.6 cm³/mol. The first-order valence-corrected chi connectivity index (χ1v) is 8.05. The van der Waals surface area contributed by atoms with E-state index >= 15 is 0 Å². The Kier molecular flexibility index (Phi) is 5.18. The molecular weight excluding hydrogens is 282 g/mol. The fourth-order valence-electron chi connectivity index (χ4n) is 2.42. The van der Waals surface area contributed by atoms with E-state index in [4.69, 9.17) is 20.9 Å². The van der Waals surface area contributed by atoms with Crippen LogP contribution in [0.4, 0.5) is 0 Å². The molecule has 0 N–H and O–H groups in total. The van der Waals surface area contributed by atoms with E-state index in [0.717, 1.165) is 12.7 Å². The summed E-state index contributed by atoms with van der Waals surface area (Å²) in [5, 5.41) is 0. The van der Waals surface area contributed by atoms with Gasteiger partial charge in [-0.15, -0.1) is 11.6 Å². The molecule has 21 heavy (non-hydrogen) atoms. The zero-order valence-corrected chi connectivity index (χ0v) is 14.1. The molecule has 1 aliphatic rings. The van der Waals surface area contributed by atoms with Crippen LogP contribution < -0.4 is 0 Å². The van der Waals surface area contributed by atoms with Gasteiger partial charge < -0.3 is 9.31 Å². The van der Waals surface area contributed by atoms with E-state index in [1.165, 1.54) is 11.1 Å². The molecule has 1 fully saturated rings. The van der Waals surface area contributed by atoms with E-state index < -0.39 is 0 Å². The number of halogens is 1. The van der Waals surface area contributed by atoms with Crippen molar-refractivity contribution in [1.29, 1.82) is 0 Å². The van der Waals surface area contributed by atoms with Crippen LogP contribution in [0.5, 0.6) is 0 Å². The number of rotatable bonds is 5. The summed E-state index contributed by atoms with van der Waals surface area (Å²) in [5.74, 6) is 0.615. The molecule has 0 bridgehead atoms. The Bertz CT molecular complexity index is 481. The van der Waals surface area contributed by atoms with Gasteiger partial charge in [-0.2, -0.15) is 0 Å². The highest BCUT2D eigenvalue weighted by Gasteiger charge is 2.50. The van der Waals surface area contributed by atoms with Gasteiger partial charge in [0.25, 0.3) is 0 Å². The van der Waals surface area contributed by atoms with Gasteiger partial charge in [0.1, 0.15) is 0 Å². The Morgan fingerprint density at radius 2 is 1.67 bits per heavy atom. The lowest BCUT2D eigenvalue weighted by Gasteiger charge is -2.32. The fourth-order valence-corrected chi connectivity index (χ4v) is 2.62. The van der Waals surface area contributed by atoms with Crippen molar-refractivity contribution >= 4 is 24.3 Å². The van der Waals surface area contributed by atoms with Crippen LogP contribution in [0.3, 0.4) is 0 Å². The minimum absolute atomic E-state index is 0.191. The van der Waals surface area contributed by atoms with Crippen LogP contribution >= 0.6 is 11.6 Å². The summed E-state index contributed by atoms with van der Waals surface area (Å²) in [5.41, 5.74) is 1.92. The molecule has 1 aromatic carbocycles. The molecule has 0 unspecified atom stereocenters. The van der Waals surface area contributed by atoms with Crippen LogP contribution in [0.25, 0.3) is 5.57 Å². The Hall–Kier alpha value is -0.765. The first-order valence-electron chi connectivity index (χ1n) is 7.52. The van der Waals surface area contributed by atoms with Crippen molar-refractivity contribution < 1.29 is 9.31 Å². The molecular formula is C17H24BClO2. The van der Waals surface area contributed by atoms with Gasteiger partial charge in [-0.05, 0) is 45.3 Å². The molecule has 1 aliphatic heterocycles. The van der Waals surface area contributed by atoms with Crippen LogP contribution in [-0.2, 0) is 9.31 Å². The molecule has 0 aliphatic carbocycles. The van der Waals surface area contributed by atoms with Crippen LogP contribution in [0.1, 0.15) is 39.7 Å². The van der Waals surface area contributed by atoms with Gasteiger partial charge in [-0.1, -0.05) is 36.4 Å². The van der Waals surface area contributed by atoms with Crippen molar-refractivity contribution in [2.45, 2.75) is 51.6 Å². The van der Waals surface area contributed by atoms with Gasteiger partial charge in [0, 0.05) is 12.2 Å². The molecule has 0 aromatic heterocycles. The van der Waals surface area contributed by atoms with E-state index in [9.17, 15) is 0 Å². The summed E-state index contributed by atoms with van der Waals surface area (Å²) in [7, 11) is -0.191. The van der Waals surface area contributed by atoms with E-state index in [0.29, 0.717) is 5.88 Å². The standard InChI is InChI=1S/C17H24BClO2/c1-16(2)17(3,4)21-18(20-16)12-10-15(11-13-19)14-8-6-5-7-9-14/h5-10H,11-13H2,1-4H3/b15-10+. The molecule has 4 heteroatoms. The number of alkyl halides is 1. The van der Waals surface area contributed by atoms with Crippen molar-refractivity contribution in [3.8, 4) is 0 Å². The van der Waals surface area contributed by atoms with E-state index in [2.05, 4.69) is 45.9 Å². The molecule has 0 radical (unpaired) electrons. The lowest BCUT2D eigenvalue weighted by Crippen LogP contribution is -2.41. The topological polar surface area (TPSA) is 18.5 Å². The number of allylic oxidation sites excluding steroid dienone is 2. The third kappa shape index (κ3) is 3.91. The quantitative estimate of drug-likeness (QED) is 0.575. The molecule has 114 valence electrons. The second kappa shape index (κ2) is 6.56. The molecule has 2 nitrogen and oxygen atoms in total.